The Kier molecular flexibility index (Phi) is 7.32. The number of ether oxygens (including phenoxy) is 2. The van der Waals surface area contributed by atoms with Crippen LogP contribution in [0.25, 0.3) is 10.9 Å². The van der Waals surface area contributed by atoms with Crippen LogP contribution < -0.4 is 14.9 Å². The second-order valence-corrected chi connectivity index (χ2v) is 7.50. The topological polar surface area (TPSA) is 72.8 Å². The molecule has 1 aromatic heterocycles. The summed E-state index contributed by atoms with van der Waals surface area (Å²) in [5.41, 5.74) is 3.73. The van der Waals surface area contributed by atoms with Crippen molar-refractivity contribution in [3.8, 4) is 11.5 Å². The molecule has 0 spiro atoms. The summed E-state index contributed by atoms with van der Waals surface area (Å²) in [6.45, 7) is 0. The summed E-state index contributed by atoms with van der Waals surface area (Å²) in [7, 11) is 3.15. The molecule has 1 heterocycles. The minimum absolute atomic E-state index is 0.170. The zero-order chi connectivity index (χ0) is 20.6. The largest absolute Gasteiger partial charge is 0.497 e. The van der Waals surface area contributed by atoms with Crippen LogP contribution in [0.15, 0.2) is 58.5 Å². The lowest BCUT2D eigenvalue weighted by Crippen LogP contribution is -2.17. The first-order valence-electron chi connectivity index (χ1n) is 8.82. The Labute approximate surface area is 178 Å². The van der Waals surface area contributed by atoms with Crippen LogP contribution >= 0.6 is 23.4 Å². The summed E-state index contributed by atoms with van der Waals surface area (Å²) in [4.78, 5) is 17.5. The van der Waals surface area contributed by atoms with Gasteiger partial charge in [-0.15, -0.1) is 11.8 Å². The first-order valence-corrected chi connectivity index (χ1v) is 10.2. The van der Waals surface area contributed by atoms with Gasteiger partial charge in [0.2, 0.25) is 5.91 Å². The molecule has 1 amide bonds. The van der Waals surface area contributed by atoms with Crippen molar-refractivity contribution in [2.24, 2.45) is 5.10 Å². The number of methoxy groups -OCH3 is 2. The number of nitrogens with one attached hydrogen (secondary N) is 1. The molecule has 0 aliphatic rings. The van der Waals surface area contributed by atoms with Crippen LogP contribution in [0.4, 0.5) is 0 Å². The lowest BCUT2D eigenvalue weighted by molar-refractivity contribution is -0.120. The van der Waals surface area contributed by atoms with Crippen molar-refractivity contribution in [2.45, 2.75) is 11.3 Å². The molecule has 0 aliphatic carbocycles. The summed E-state index contributed by atoms with van der Waals surface area (Å²) in [5.74, 6) is 1.74. The standard InChI is InChI=1S/C21H20ClN3O3S/c1-27-15-11-18-17(19(12-15)28-2)10-14(21(22)24-18)13-23-25-20(26)8-9-29-16-6-4-3-5-7-16/h3-7,10-13H,8-9H2,1-2H3,(H,25,26)/b23-13+. The fourth-order valence-corrected chi connectivity index (χ4v) is 3.66. The average molecular weight is 430 g/mol. The third-order valence-electron chi connectivity index (χ3n) is 4.04. The first-order chi connectivity index (χ1) is 14.1. The number of hydrogen-bond acceptors (Lipinski definition) is 6. The SMILES string of the molecule is COc1cc(OC)c2cc(/C=N/NC(=O)CCSc3ccccc3)c(Cl)nc2c1. The van der Waals surface area contributed by atoms with Gasteiger partial charge >= 0.3 is 0 Å². The molecule has 2 aromatic carbocycles. The van der Waals surface area contributed by atoms with E-state index in [1.807, 2.05) is 36.4 Å². The van der Waals surface area contributed by atoms with E-state index in [0.717, 1.165) is 10.3 Å². The van der Waals surface area contributed by atoms with Crippen molar-refractivity contribution >= 4 is 46.4 Å². The van der Waals surface area contributed by atoms with E-state index >= 15 is 0 Å². The Morgan fingerprint density at radius 2 is 2.00 bits per heavy atom. The summed E-state index contributed by atoms with van der Waals surface area (Å²) in [5, 5.41) is 5.04. The number of rotatable bonds is 8. The number of nitrogens with zero attached hydrogens (tertiary/aromatic N) is 2. The number of thioether (sulfide) groups is 1. The van der Waals surface area contributed by atoms with Crippen LogP contribution in [0.2, 0.25) is 5.15 Å². The van der Waals surface area contributed by atoms with Gasteiger partial charge in [-0.25, -0.2) is 10.4 Å². The zero-order valence-corrected chi connectivity index (χ0v) is 17.6. The maximum atomic E-state index is 12.0. The fourth-order valence-electron chi connectivity index (χ4n) is 2.60. The second kappa shape index (κ2) is 10.1. The van der Waals surface area contributed by atoms with Gasteiger partial charge in [-0.3, -0.25) is 4.79 Å². The smallest absolute Gasteiger partial charge is 0.240 e. The molecule has 0 saturated carbocycles. The van der Waals surface area contributed by atoms with Gasteiger partial charge < -0.3 is 9.47 Å². The van der Waals surface area contributed by atoms with Crippen LogP contribution in [0, 0.1) is 0 Å². The number of benzene rings is 2. The lowest BCUT2D eigenvalue weighted by atomic mass is 10.1. The number of hydrogen-bond donors (Lipinski definition) is 1. The van der Waals surface area contributed by atoms with Crippen molar-refractivity contribution < 1.29 is 14.3 Å². The Morgan fingerprint density at radius 3 is 2.72 bits per heavy atom. The van der Waals surface area contributed by atoms with Crippen LogP contribution in [0.5, 0.6) is 11.5 Å². The molecule has 3 rings (SSSR count). The van der Waals surface area contributed by atoms with Crippen LogP contribution in [0.1, 0.15) is 12.0 Å². The molecule has 29 heavy (non-hydrogen) atoms. The molecule has 3 aromatic rings. The van der Waals surface area contributed by atoms with Crippen molar-refractivity contribution in [3.05, 3.63) is 59.2 Å². The first kappa shape index (κ1) is 21.0. The van der Waals surface area contributed by atoms with E-state index in [2.05, 4.69) is 15.5 Å². The Bertz CT molecular complexity index is 1030. The van der Waals surface area contributed by atoms with E-state index in [1.54, 1.807) is 38.1 Å². The van der Waals surface area contributed by atoms with Gasteiger partial charge in [-0.2, -0.15) is 5.10 Å². The molecular formula is C21H20ClN3O3S. The molecule has 0 aliphatic heterocycles. The fraction of sp³-hybridized carbons (Fsp3) is 0.190. The third kappa shape index (κ3) is 5.62. The van der Waals surface area contributed by atoms with E-state index in [9.17, 15) is 4.79 Å². The number of carbonyl (C=O) groups excluding carboxylic acids is 1. The van der Waals surface area contributed by atoms with Crippen LogP contribution in [0.3, 0.4) is 0 Å². The second-order valence-electron chi connectivity index (χ2n) is 5.97. The molecule has 0 saturated heterocycles. The molecule has 0 atom stereocenters. The van der Waals surface area contributed by atoms with Crippen molar-refractivity contribution in [2.75, 3.05) is 20.0 Å². The molecule has 0 radical (unpaired) electrons. The number of pyridine rings is 1. The lowest BCUT2D eigenvalue weighted by Gasteiger charge is -2.09. The summed E-state index contributed by atoms with van der Waals surface area (Å²) < 4.78 is 10.7. The number of aromatic nitrogens is 1. The van der Waals surface area contributed by atoms with Gasteiger partial charge in [0.25, 0.3) is 0 Å². The number of amides is 1. The summed E-state index contributed by atoms with van der Waals surface area (Å²) in [6.07, 6.45) is 1.83. The number of hydrazone groups is 1. The van der Waals surface area contributed by atoms with E-state index in [0.29, 0.717) is 34.8 Å². The van der Waals surface area contributed by atoms with Gasteiger partial charge in [0, 0.05) is 40.2 Å². The average Bonchev–Trinajstić information content (AvgIpc) is 2.74. The Hall–Kier alpha value is -2.77. The monoisotopic (exact) mass is 429 g/mol. The maximum Gasteiger partial charge on any atom is 0.240 e. The highest BCUT2D eigenvalue weighted by Gasteiger charge is 2.10. The van der Waals surface area contributed by atoms with Crippen LogP contribution in [-0.2, 0) is 4.79 Å². The van der Waals surface area contributed by atoms with Gasteiger partial charge in [0.05, 0.1) is 26.0 Å². The quantitative estimate of drug-likeness (QED) is 0.246. The van der Waals surface area contributed by atoms with Crippen molar-refractivity contribution in [1.82, 2.24) is 10.4 Å². The maximum absolute atomic E-state index is 12.0. The normalized spacial score (nSPS) is 11.0. The van der Waals surface area contributed by atoms with Crippen molar-refractivity contribution in [1.29, 1.82) is 0 Å². The molecule has 1 N–H and O–H groups in total. The highest BCUT2D eigenvalue weighted by atomic mass is 35.5. The molecule has 0 unspecified atom stereocenters. The number of carbonyl (C=O) groups is 1. The van der Waals surface area contributed by atoms with Gasteiger partial charge in [0.15, 0.2) is 0 Å². The molecule has 0 fully saturated rings. The van der Waals surface area contributed by atoms with Crippen LogP contribution in [-0.4, -0.2) is 37.1 Å². The van der Waals surface area contributed by atoms with E-state index in [-0.39, 0.29) is 11.1 Å². The zero-order valence-electron chi connectivity index (χ0n) is 16.0. The molecular weight excluding hydrogens is 410 g/mol. The van der Waals surface area contributed by atoms with Crippen molar-refractivity contribution in [3.63, 3.8) is 0 Å². The van der Waals surface area contributed by atoms with E-state index < -0.39 is 0 Å². The minimum Gasteiger partial charge on any atom is -0.497 e. The molecule has 150 valence electrons. The summed E-state index contributed by atoms with van der Waals surface area (Å²) >= 11 is 7.88. The number of halogens is 1. The minimum atomic E-state index is -0.170. The van der Waals surface area contributed by atoms with Gasteiger partial charge in [-0.1, -0.05) is 29.8 Å². The van der Waals surface area contributed by atoms with E-state index in [1.165, 1.54) is 6.21 Å². The molecule has 8 heteroatoms. The molecule has 6 nitrogen and oxygen atoms in total. The van der Waals surface area contributed by atoms with Gasteiger partial charge in [-0.05, 0) is 18.2 Å². The Balaban J connectivity index is 1.63. The summed E-state index contributed by atoms with van der Waals surface area (Å²) in [6, 6.07) is 15.3. The predicted octanol–water partition coefficient (Wildman–Crippen LogP) is 4.54. The highest BCUT2D eigenvalue weighted by molar-refractivity contribution is 7.99. The van der Waals surface area contributed by atoms with E-state index in [4.69, 9.17) is 21.1 Å². The van der Waals surface area contributed by atoms with Gasteiger partial charge in [0.1, 0.15) is 16.7 Å². The third-order valence-corrected chi connectivity index (χ3v) is 5.36. The predicted molar refractivity (Wildman–Crippen MR) is 117 cm³/mol. The Morgan fingerprint density at radius 1 is 1.21 bits per heavy atom. The molecule has 0 bridgehead atoms. The highest BCUT2D eigenvalue weighted by Crippen LogP contribution is 2.32. The number of fused-ring (bicyclic) bond motifs is 1.